The average Bonchev–Trinajstić information content (AvgIpc) is 2.97. The summed E-state index contributed by atoms with van der Waals surface area (Å²) in [7, 11) is 0. The van der Waals surface area contributed by atoms with Crippen molar-refractivity contribution < 1.29 is 26.2 Å². The monoisotopic (exact) mass is 380 g/mol. The maximum atomic E-state index is 2.43. The molecule has 2 aromatic carbocycles. The molecule has 23 heavy (non-hydrogen) atoms. The van der Waals surface area contributed by atoms with E-state index in [1.807, 2.05) is 0 Å². The van der Waals surface area contributed by atoms with E-state index in [0.29, 0.717) is 5.92 Å². The minimum Gasteiger partial charge on any atom is -0.0652 e. The van der Waals surface area contributed by atoms with Crippen LogP contribution in [-0.2, 0) is 32.6 Å². The van der Waals surface area contributed by atoms with Crippen LogP contribution in [0.15, 0.2) is 48.0 Å². The largest absolute Gasteiger partial charge is 0.0652 e. The Morgan fingerprint density at radius 1 is 1.00 bits per heavy atom. The van der Waals surface area contributed by atoms with Crippen molar-refractivity contribution in [3.8, 4) is 11.1 Å². The molecule has 1 aliphatic rings. The first-order chi connectivity index (χ1) is 10.7. The van der Waals surface area contributed by atoms with Crippen LogP contribution in [0.5, 0.6) is 0 Å². The van der Waals surface area contributed by atoms with Crippen LogP contribution < -0.4 is 0 Å². The summed E-state index contributed by atoms with van der Waals surface area (Å²) in [4.78, 5) is 0. The molecule has 0 heterocycles. The van der Waals surface area contributed by atoms with Gasteiger partial charge in [-0.2, -0.15) is 0 Å². The molecular formula is C22H26Zr. The molecule has 0 aliphatic heterocycles. The van der Waals surface area contributed by atoms with Crippen molar-refractivity contribution in [3.05, 3.63) is 64.7 Å². The minimum absolute atomic E-state index is 0. The zero-order valence-electron chi connectivity index (χ0n) is 14.5. The van der Waals surface area contributed by atoms with Gasteiger partial charge >= 0.3 is 0 Å². The van der Waals surface area contributed by atoms with E-state index in [4.69, 9.17) is 0 Å². The van der Waals surface area contributed by atoms with Gasteiger partial charge < -0.3 is 0 Å². The fraction of sp³-hybridized carbons (Fsp3) is 0.364. The average molecular weight is 382 g/mol. The molecule has 0 aromatic heterocycles. The summed E-state index contributed by atoms with van der Waals surface area (Å²) >= 11 is 0. The maximum Gasteiger partial charge on any atom is 0 e. The van der Waals surface area contributed by atoms with E-state index in [-0.39, 0.29) is 26.2 Å². The molecule has 1 atom stereocenters. The van der Waals surface area contributed by atoms with Gasteiger partial charge in [-0.15, -0.1) is 0 Å². The number of rotatable bonds is 5. The Morgan fingerprint density at radius 3 is 2.39 bits per heavy atom. The molecule has 0 saturated carbocycles. The van der Waals surface area contributed by atoms with Crippen molar-refractivity contribution in [2.75, 3.05) is 0 Å². The second-order valence-corrected chi connectivity index (χ2v) is 6.54. The van der Waals surface area contributed by atoms with E-state index in [9.17, 15) is 0 Å². The van der Waals surface area contributed by atoms with Gasteiger partial charge in [0.05, 0.1) is 0 Å². The Labute approximate surface area is 160 Å². The van der Waals surface area contributed by atoms with Gasteiger partial charge in [0.2, 0.25) is 0 Å². The summed E-state index contributed by atoms with van der Waals surface area (Å²) < 4.78 is 0. The number of benzene rings is 2. The Balaban J connectivity index is 0.00000192. The van der Waals surface area contributed by atoms with Gasteiger partial charge in [0, 0.05) is 26.2 Å². The first-order valence-electron chi connectivity index (χ1n) is 8.64. The van der Waals surface area contributed by atoms with Crippen molar-refractivity contribution in [1.82, 2.24) is 0 Å². The second kappa shape index (κ2) is 8.25. The SMILES string of the molecule is CCCC1=Cc2c(cccc2-c2ccc(C(C)CC)cc2)C1.[Zr]. The molecule has 0 saturated heterocycles. The summed E-state index contributed by atoms with van der Waals surface area (Å²) in [6.45, 7) is 6.82. The third-order valence-corrected chi connectivity index (χ3v) is 4.94. The molecule has 2 aromatic rings. The van der Waals surface area contributed by atoms with Gasteiger partial charge in [0.1, 0.15) is 0 Å². The van der Waals surface area contributed by atoms with Gasteiger partial charge in [0.25, 0.3) is 0 Å². The van der Waals surface area contributed by atoms with Crippen molar-refractivity contribution >= 4 is 6.08 Å². The van der Waals surface area contributed by atoms with E-state index in [1.54, 1.807) is 5.57 Å². The van der Waals surface area contributed by atoms with Crippen LogP contribution in [0, 0.1) is 0 Å². The summed E-state index contributed by atoms with van der Waals surface area (Å²) in [6.07, 6.45) is 7.22. The maximum absolute atomic E-state index is 2.43. The van der Waals surface area contributed by atoms with Gasteiger partial charge in [0.15, 0.2) is 0 Å². The predicted octanol–water partition coefficient (Wildman–Crippen LogP) is 6.60. The first kappa shape index (κ1) is 18.4. The predicted molar refractivity (Wildman–Crippen MR) is 97.2 cm³/mol. The fourth-order valence-corrected chi connectivity index (χ4v) is 3.40. The van der Waals surface area contributed by atoms with Crippen LogP contribution in [0.3, 0.4) is 0 Å². The van der Waals surface area contributed by atoms with Gasteiger partial charge in [-0.3, -0.25) is 0 Å². The van der Waals surface area contributed by atoms with Crippen LogP contribution in [0.4, 0.5) is 0 Å². The van der Waals surface area contributed by atoms with E-state index in [1.165, 1.54) is 47.1 Å². The van der Waals surface area contributed by atoms with E-state index >= 15 is 0 Å². The molecule has 0 nitrogen and oxygen atoms in total. The smallest absolute Gasteiger partial charge is 0 e. The molecule has 3 rings (SSSR count). The molecule has 0 spiro atoms. The summed E-state index contributed by atoms with van der Waals surface area (Å²) in [5, 5.41) is 0. The zero-order valence-corrected chi connectivity index (χ0v) is 17.0. The van der Waals surface area contributed by atoms with Crippen molar-refractivity contribution in [2.45, 2.75) is 52.4 Å². The first-order valence-corrected chi connectivity index (χ1v) is 8.64. The topological polar surface area (TPSA) is 0 Å². The second-order valence-electron chi connectivity index (χ2n) is 6.54. The van der Waals surface area contributed by atoms with E-state index < -0.39 is 0 Å². The van der Waals surface area contributed by atoms with Crippen LogP contribution in [0.25, 0.3) is 17.2 Å². The summed E-state index contributed by atoms with van der Waals surface area (Å²) in [5.41, 5.74) is 8.70. The Hall–Kier alpha value is -0.937. The number of allylic oxidation sites excluding steroid dienone is 1. The molecule has 1 unspecified atom stereocenters. The minimum atomic E-state index is 0. The van der Waals surface area contributed by atoms with Gasteiger partial charge in [-0.25, -0.2) is 0 Å². The molecule has 0 amide bonds. The number of hydrogen-bond donors (Lipinski definition) is 0. The van der Waals surface area contributed by atoms with E-state index in [2.05, 4.69) is 69.3 Å². The number of fused-ring (bicyclic) bond motifs is 1. The molecule has 118 valence electrons. The van der Waals surface area contributed by atoms with Crippen LogP contribution in [0.1, 0.15) is 62.6 Å². The third kappa shape index (κ3) is 3.94. The Kier molecular flexibility index (Phi) is 6.60. The van der Waals surface area contributed by atoms with Crippen molar-refractivity contribution in [1.29, 1.82) is 0 Å². The fourth-order valence-electron chi connectivity index (χ4n) is 3.40. The molecular weight excluding hydrogens is 355 g/mol. The van der Waals surface area contributed by atoms with Gasteiger partial charge in [-0.05, 0) is 53.0 Å². The van der Waals surface area contributed by atoms with Crippen LogP contribution in [0.2, 0.25) is 0 Å². The molecule has 0 radical (unpaired) electrons. The van der Waals surface area contributed by atoms with Gasteiger partial charge in [-0.1, -0.05) is 81.3 Å². The molecule has 0 N–H and O–H groups in total. The van der Waals surface area contributed by atoms with E-state index in [0.717, 1.165) is 6.42 Å². The zero-order chi connectivity index (χ0) is 15.5. The number of hydrogen-bond acceptors (Lipinski definition) is 0. The summed E-state index contributed by atoms with van der Waals surface area (Å²) in [6, 6.07) is 15.9. The molecule has 0 fully saturated rings. The standard InChI is InChI=1S/C22H26.Zr/c1-4-7-17-14-20-8-6-9-21(22(20)15-17)19-12-10-18(11-13-19)16(3)5-2;/h6,8-13,15-16H,4-5,7,14H2,1-3H3;. The molecule has 1 heteroatoms. The molecule has 1 aliphatic carbocycles. The Bertz CT molecular complexity index is 680. The Morgan fingerprint density at radius 2 is 1.74 bits per heavy atom. The van der Waals surface area contributed by atoms with Crippen molar-refractivity contribution in [2.24, 2.45) is 0 Å². The van der Waals surface area contributed by atoms with Crippen molar-refractivity contribution in [3.63, 3.8) is 0 Å². The third-order valence-electron chi connectivity index (χ3n) is 4.94. The molecule has 0 bridgehead atoms. The quantitative estimate of drug-likeness (QED) is 0.547. The van der Waals surface area contributed by atoms with Crippen LogP contribution in [-0.4, -0.2) is 0 Å². The normalized spacial score (nSPS) is 14.0. The summed E-state index contributed by atoms with van der Waals surface area (Å²) in [5.74, 6) is 0.645. The van der Waals surface area contributed by atoms with Crippen LogP contribution >= 0.6 is 0 Å².